The minimum absolute atomic E-state index is 0.839. The highest BCUT2D eigenvalue weighted by Gasteiger charge is 2.00. The third-order valence-electron chi connectivity index (χ3n) is 3.17. The smallest absolute Gasteiger partial charge is 0.0236 e. The first-order chi connectivity index (χ1) is 7.35. The van der Waals surface area contributed by atoms with Gasteiger partial charge in [0.15, 0.2) is 0 Å². The zero-order valence-corrected chi connectivity index (χ0v) is 11.1. The maximum Gasteiger partial charge on any atom is -0.0236 e. The molecule has 0 nitrogen and oxygen atoms in total. The third kappa shape index (κ3) is 10.0. The van der Waals surface area contributed by atoms with Crippen molar-refractivity contribution in [1.82, 2.24) is 0 Å². The van der Waals surface area contributed by atoms with Crippen molar-refractivity contribution in [3.8, 4) is 0 Å². The van der Waals surface area contributed by atoms with Crippen LogP contribution in [0, 0.1) is 5.92 Å². The zero-order valence-electron chi connectivity index (χ0n) is 11.1. The molecule has 0 aliphatic heterocycles. The third-order valence-corrected chi connectivity index (χ3v) is 3.17. The lowest BCUT2D eigenvalue weighted by molar-refractivity contribution is 0.506. The first kappa shape index (κ1) is 14.7. The highest BCUT2D eigenvalue weighted by Crippen LogP contribution is 2.16. The van der Waals surface area contributed by atoms with E-state index in [0.717, 1.165) is 5.92 Å². The molecule has 0 aliphatic rings. The first-order valence-electron chi connectivity index (χ1n) is 6.97. The van der Waals surface area contributed by atoms with Gasteiger partial charge in [0.05, 0.1) is 0 Å². The van der Waals surface area contributed by atoms with E-state index in [1.54, 1.807) is 0 Å². The van der Waals surface area contributed by atoms with Crippen LogP contribution in [0.25, 0.3) is 0 Å². The predicted molar refractivity (Wildman–Crippen MR) is 71.2 cm³/mol. The standard InChI is InChI=1S/C15H30/c1-4-7-8-9-10-11-12-14-15(6-3)13-5-2/h5,13,15H,4,6-12,14H2,1-3H3/b13-5+. The summed E-state index contributed by atoms with van der Waals surface area (Å²) in [6.45, 7) is 6.71. The van der Waals surface area contributed by atoms with Gasteiger partial charge in [0.25, 0.3) is 0 Å². The second-order valence-corrected chi connectivity index (χ2v) is 4.60. The second kappa shape index (κ2) is 11.8. The minimum Gasteiger partial charge on any atom is -0.0914 e. The van der Waals surface area contributed by atoms with Crippen molar-refractivity contribution in [2.75, 3.05) is 0 Å². The summed E-state index contributed by atoms with van der Waals surface area (Å²) in [7, 11) is 0. The molecule has 1 atom stereocenters. The van der Waals surface area contributed by atoms with E-state index in [9.17, 15) is 0 Å². The van der Waals surface area contributed by atoms with E-state index in [-0.39, 0.29) is 0 Å². The molecular formula is C15H30. The van der Waals surface area contributed by atoms with Crippen LogP contribution in [0.4, 0.5) is 0 Å². The average molecular weight is 210 g/mol. The Hall–Kier alpha value is -0.260. The highest BCUT2D eigenvalue weighted by atomic mass is 14.1. The number of rotatable bonds is 10. The quantitative estimate of drug-likeness (QED) is 0.319. The van der Waals surface area contributed by atoms with Crippen LogP contribution in [0.3, 0.4) is 0 Å². The molecule has 0 radical (unpaired) electrons. The molecule has 0 heterocycles. The summed E-state index contributed by atoms with van der Waals surface area (Å²) >= 11 is 0. The Morgan fingerprint density at radius 2 is 1.47 bits per heavy atom. The summed E-state index contributed by atoms with van der Waals surface area (Å²) in [5, 5.41) is 0. The SMILES string of the molecule is C/C=C/C(CC)CCCCCCCCC. The molecule has 0 aromatic carbocycles. The summed E-state index contributed by atoms with van der Waals surface area (Å²) in [5.74, 6) is 0.839. The topological polar surface area (TPSA) is 0 Å². The van der Waals surface area contributed by atoms with Crippen LogP contribution in [-0.4, -0.2) is 0 Å². The Morgan fingerprint density at radius 3 is 2.00 bits per heavy atom. The lowest BCUT2D eigenvalue weighted by Crippen LogP contribution is -1.94. The molecule has 15 heavy (non-hydrogen) atoms. The van der Waals surface area contributed by atoms with E-state index in [1.165, 1.54) is 57.8 Å². The maximum absolute atomic E-state index is 2.37. The van der Waals surface area contributed by atoms with Crippen LogP contribution in [0.1, 0.15) is 78.6 Å². The fraction of sp³-hybridized carbons (Fsp3) is 0.867. The van der Waals surface area contributed by atoms with E-state index in [2.05, 4.69) is 32.9 Å². The van der Waals surface area contributed by atoms with Crippen molar-refractivity contribution in [3.05, 3.63) is 12.2 Å². The van der Waals surface area contributed by atoms with Gasteiger partial charge < -0.3 is 0 Å². The van der Waals surface area contributed by atoms with Crippen LogP contribution in [0.15, 0.2) is 12.2 Å². The molecule has 1 unspecified atom stereocenters. The summed E-state index contributed by atoms with van der Waals surface area (Å²) in [6, 6.07) is 0. The van der Waals surface area contributed by atoms with E-state index in [1.807, 2.05) is 0 Å². The van der Waals surface area contributed by atoms with E-state index >= 15 is 0 Å². The number of hydrogen-bond acceptors (Lipinski definition) is 0. The molecule has 0 aromatic rings. The molecule has 0 saturated carbocycles. The highest BCUT2D eigenvalue weighted by molar-refractivity contribution is 4.84. The van der Waals surface area contributed by atoms with Crippen LogP contribution in [0.5, 0.6) is 0 Å². The molecular weight excluding hydrogens is 180 g/mol. The van der Waals surface area contributed by atoms with E-state index in [4.69, 9.17) is 0 Å². The molecule has 0 bridgehead atoms. The number of unbranched alkanes of at least 4 members (excludes halogenated alkanes) is 6. The van der Waals surface area contributed by atoms with Gasteiger partial charge in [-0.3, -0.25) is 0 Å². The van der Waals surface area contributed by atoms with Gasteiger partial charge in [0.1, 0.15) is 0 Å². The van der Waals surface area contributed by atoms with E-state index < -0.39 is 0 Å². The first-order valence-corrected chi connectivity index (χ1v) is 6.97. The molecule has 0 aliphatic carbocycles. The minimum atomic E-state index is 0.839. The lowest BCUT2D eigenvalue weighted by Gasteiger charge is -2.09. The van der Waals surface area contributed by atoms with Gasteiger partial charge in [-0.05, 0) is 25.7 Å². The monoisotopic (exact) mass is 210 g/mol. The number of hydrogen-bond donors (Lipinski definition) is 0. The maximum atomic E-state index is 2.37. The molecule has 90 valence electrons. The zero-order chi connectivity index (χ0) is 11.4. The fourth-order valence-electron chi connectivity index (χ4n) is 2.07. The van der Waals surface area contributed by atoms with Gasteiger partial charge >= 0.3 is 0 Å². The molecule has 0 spiro atoms. The number of allylic oxidation sites excluding steroid dienone is 2. The second-order valence-electron chi connectivity index (χ2n) is 4.60. The van der Waals surface area contributed by atoms with Crippen LogP contribution < -0.4 is 0 Å². The van der Waals surface area contributed by atoms with Gasteiger partial charge in [-0.1, -0.05) is 70.9 Å². The van der Waals surface area contributed by atoms with E-state index in [0.29, 0.717) is 0 Å². The Morgan fingerprint density at radius 1 is 0.867 bits per heavy atom. The Balaban J connectivity index is 3.21. The van der Waals surface area contributed by atoms with Gasteiger partial charge in [-0.15, -0.1) is 0 Å². The van der Waals surface area contributed by atoms with Crippen LogP contribution in [0.2, 0.25) is 0 Å². The van der Waals surface area contributed by atoms with Crippen LogP contribution >= 0.6 is 0 Å². The Bertz CT molecular complexity index is 135. The van der Waals surface area contributed by atoms with Crippen molar-refractivity contribution in [2.45, 2.75) is 78.6 Å². The molecule has 0 N–H and O–H groups in total. The predicted octanol–water partition coefficient (Wildman–Crippen LogP) is 5.73. The molecule has 0 fully saturated rings. The Labute approximate surface area is 97.2 Å². The average Bonchev–Trinajstić information content (AvgIpc) is 2.26. The van der Waals surface area contributed by atoms with Gasteiger partial charge in [0, 0.05) is 0 Å². The normalized spacial score (nSPS) is 13.5. The van der Waals surface area contributed by atoms with Crippen molar-refractivity contribution in [3.63, 3.8) is 0 Å². The molecule has 0 rings (SSSR count). The van der Waals surface area contributed by atoms with Crippen molar-refractivity contribution >= 4 is 0 Å². The molecule has 0 heteroatoms. The van der Waals surface area contributed by atoms with Gasteiger partial charge in [-0.2, -0.15) is 0 Å². The fourth-order valence-corrected chi connectivity index (χ4v) is 2.07. The van der Waals surface area contributed by atoms with Gasteiger partial charge in [0.2, 0.25) is 0 Å². The van der Waals surface area contributed by atoms with Gasteiger partial charge in [-0.25, -0.2) is 0 Å². The van der Waals surface area contributed by atoms with Crippen molar-refractivity contribution in [1.29, 1.82) is 0 Å². The molecule has 0 saturated heterocycles. The summed E-state index contributed by atoms with van der Waals surface area (Å²) in [4.78, 5) is 0. The summed E-state index contributed by atoms with van der Waals surface area (Å²) in [5.41, 5.74) is 0. The molecule has 0 amide bonds. The van der Waals surface area contributed by atoms with Crippen molar-refractivity contribution in [2.24, 2.45) is 5.92 Å². The largest absolute Gasteiger partial charge is 0.0914 e. The lowest BCUT2D eigenvalue weighted by atomic mass is 9.97. The Kier molecular flexibility index (Phi) is 11.6. The van der Waals surface area contributed by atoms with Crippen LogP contribution in [-0.2, 0) is 0 Å². The molecule has 0 aromatic heterocycles. The van der Waals surface area contributed by atoms with Crippen molar-refractivity contribution < 1.29 is 0 Å². The summed E-state index contributed by atoms with van der Waals surface area (Å²) < 4.78 is 0. The summed E-state index contributed by atoms with van der Waals surface area (Å²) in [6.07, 6.45) is 17.3.